The Labute approximate surface area is 175 Å². The summed E-state index contributed by atoms with van der Waals surface area (Å²) in [5.74, 6) is -1.25. The molecule has 4 nitrogen and oxygen atoms in total. The summed E-state index contributed by atoms with van der Waals surface area (Å²) in [6.07, 6.45) is 1.25. The number of Topliss-reactive ketones (excluding diaryl/α,β-unsaturated/α-hetero) is 1. The van der Waals surface area contributed by atoms with Crippen LogP contribution in [0.2, 0.25) is 10.0 Å². The number of carbonyl (C=O) groups excluding carboxylic acids is 2. The van der Waals surface area contributed by atoms with E-state index >= 15 is 0 Å². The number of allylic oxidation sites excluding steroid dienone is 1. The van der Waals surface area contributed by atoms with Crippen LogP contribution >= 0.6 is 23.2 Å². The zero-order chi connectivity index (χ0) is 20.5. The average Bonchev–Trinajstić information content (AvgIpc) is 3.00. The molecule has 3 aromatic carbocycles. The van der Waals surface area contributed by atoms with Crippen molar-refractivity contribution in [3.05, 3.63) is 99.0 Å². The van der Waals surface area contributed by atoms with Gasteiger partial charge in [0.05, 0.1) is 16.1 Å². The second-order valence-corrected chi connectivity index (χ2v) is 6.97. The molecular weight excluding hydrogens is 418 g/mol. The van der Waals surface area contributed by atoms with Crippen molar-refractivity contribution in [1.82, 2.24) is 0 Å². The van der Waals surface area contributed by atoms with Crippen molar-refractivity contribution in [3.8, 4) is 11.5 Å². The van der Waals surface area contributed by atoms with Gasteiger partial charge in [0.15, 0.2) is 5.76 Å². The second kappa shape index (κ2) is 7.70. The van der Waals surface area contributed by atoms with Crippen LogP contribution in [0.5, 0.6) is 11.5 Å². The maximum Gasteiger partial charge on any atom is 0.343 e. The van der Waals surface area contributed by atoms with E-state index in [0.717, 1.165) is 0 Å². The SMILES string of the molecule is O=C(Oc1ccc2c(c1)O/C(=C\c1c(F)cccc1Cl)C2=O)c1ccc(Cl)cc1. The number of rotatable bonds is 3. The Morgan fingerprint density at radius 2 is 1.79 bits per heavy atom. The Hall–Kier alpha value is -3.15. The van der Waals surface area contributed by atoms with E-state index in [0.29, 0.717) is 10.6 Å². The number of hydrogen-bond donors (Lipinski definition) is 0. The zero-order valence-corrected chi connectivity index (χ0v) is 16.1. The largest absolute Gasteiger partial charge is 0.452 e. The van der Waals surface area contributed by atoms with Gasteiger partial charge in [0, 0.05) is 16.7 Å². The van der Waals surface area contributed by atoms with Gasteiger partial charge in [-0.25, -0.2) is 9.18 Å². The minimum absolute atomic E-state index is 0.0553. The van der Waals surface area contributed by atoms with Crippen LogP contribution < -0.4 is 9.47 Å². The van der Waals surface area contributed by atoms with E-state index in [1.165, 1.54) is 54.6 Å². The number of fused-ring (bicyclic) bond motifs is 1. The van der Waals surface area contributed by atoms with Gasteiger partial charge in [0.1, 0.15) is 17.3 Å². The zero-order valence-electron chi connectivity index (χ0n) is 14.6. The van der Waals surface area contributed by atoms with Crippen LogP contribution in [0.25, 0.3) is 6.08 Å². The van der Waals surface area contributed by atoms with E-state index in [1.807, 2.05) is 0 Å². The van der Waals surface area contributed by atoms with Gasteiger partial charge < -0.3 is 9.47 Å². The molecule has 1 aliphatic heterocycles. The van der Waals surface area contributed by atoms with Crippen molar-refractivity contribution >= 4 is 41.0 Å². The Morgan fingerprint density at radius 3 is 2.52 bits per heavy atom. The highest BCUT2D eigenvalue weighted by molar-refractivity contribution is 6.32. The standard InChI is InChI=1S/C22H11Cl2FO4/c23-13-6-4-12(5-7-13)22(27)28-14-8-9-15-19(10-14)29-20(21(15)26)11-16-17(24)2-1-3-18(16)25/h1-11H/b20-11-. The molecule has 7 heteroatoms. The Balaban J connectivity index is 1.58. The summed E-state index contributed by atoms with van der Waals surface area (Å²) < 4.78 is 24.9. The summed E-state index contributed by atoms with van der Waals surface area (Å²) >= 11 is 11.8. The van der Waals surface area contributed by atoms with Crippen molar-refractivity contribution in [2.75, 3.05) is 0 Å². The summed E-state index contributed by atoms with van der Waals surface area (Å²) in [5.41, 5.74) is 0.649. The maximum atomic E-state index is 14.0. The van der Waals surface area contributed by atoms with Gasteiger partial charge in [-0.2, -0.15) is 0 Å². The van der Waals surface area contributed by atoms with E-state index in [9.17, 15) is 14.0 Å². The predicted octanol–water partition coefficient (Wildman–Crippen LogP) is 5.97. The fraction of sp³-hybridized carbons (Fsp3) is 0. The molecule has 3 aromatic rings. The third-order valence-electron chi connectivity index (χ3n) is 4.21. The van der Waals surface area contributed by atoms with Crippen LogP contribution in [0.1, 0.15) is 26.3 Å². The van der Waals surface area contributed by atoms with Crippen molar-refractivity contribution in [3.63, 3.8) is 0 Å². The highest BCUT2D eigenvalue weighted by Gasteiger charge is 2.28. The van der Waals surface area contributed by atoms with Gasteiger partial charge in [-0.15, -0.1) is 0 Å². The van der Waals surface area contributed by atoms with E-state index in [2.05, 4.69) is 0 Å². The third kappa shape index (κ3) is 3.88. The van der Waals surface area contributed by atoms with E-state index in [4.69, 9.17) is 32.7 Å². The van der Waals surface area contributed by atoms with E-state index in [-0.39, 0.29) is 33.4 Å². The molecular formula is C22H11Cl2FO4. The van der Waals surface area contributed by atoms with Crippen LogP contribution in [-0.2, 0) is 0 Å². The molecule has 0 unspecified atom stereocenters. The fourth-order valence-electron chi connectivity index (χ4n) is 2.76. The second-order valence-electron chi connectivity index (χ2n) is 6.13. The lowest BCUT2D eigenvalue weighted by Crippen LogP contribution is -2.08. The topological polar surface area (TPSA) is 52.6 Å². The molecule has 0 atom stereocenters. The predicted molar refractivity (Wildman–Crippen MR) is 107 cm³/mol. The molecule has 0 radical (unpaired) electrons. The molecule has 0 aromatic heterocycles. The van der Waals surface area contributed by atoms with Crippen LogP contribution in [-0.4, -0.2) is 11.8 Å². The van der Waals surface area contributed by atoms with Crippen LogP contribution in [0.15, 0.2) is 66.4 Å². The van der Waals surface area contributed by atoms with Crippen LogP contribution in [0.4, 0.5) is 4.39 Å². The first-order valence-electron chi connectivity index (χ1n) is 8.42. The molecule has 0 amide bonds. The molecule has 1 aliphatic rings. The summed E-state index contributed by atoms with van der Waals surface area (Å²) in [6.45, 7) is 0. The molecule has 1 heterocycles. The normalized spacial score (nSPS) is 13.9. The molecule has 4 rings (SSSR count). The third-order valence-corrected chi connectivity index (χ3v) is 4.79. The van der Waals surface area contributed by atoms with Crippen molar-refractivity contribution in [2.24, 2.45) is 0 Å². The molecule has 0 N–H and O–H groups in total. The lowest BCUT2D eigenvalue weighted by molar-refractivity contribution is 0.0734. The number of carbonyl (C=O) groups is 2. The Kier molecular flexibility index (Phi) is 5.09. The van der Waals surface area contributed by atoms with Crippen molar-refractivity contribution in [2.45, 2.75) is 0 Å². The molecule has 0 saturated heterocycles. The first-order chi connectivity index (χ1) is 13.9. The van der Waals surface area contributed by atoms with Crippen LogP contribution in [0.3, 0.4) is 0 Å². The number of hydrogen-bond acceptors (Lipinski definition) is 4. The molecule has 0 saturated carbocycles. The molecule has 0 spiro atoms. The summed E-state index contributed by atoms with van der Waals surface area (Å²) in [7, 11) is 0. The molecule has 29 heavy (non-hydrogen) atoms. The van der Waals surface area contributed by atoms with Crippen LogP contribution in [0, 0.1) is 5.82 Å². The maximum absolute atomic E-state index is 14.0. The van der Waals surface area contributed by atoms with Crippen molar-refractivity contribution < 1.29 is 23.5 Å². The minimum Gasteiger partial charge on any atom is -0.452 e. The highest BCUT2D eigenvalue weighted by Crippen LogP contribution is 2.36. The van der Waals surface area contributed by atoms with Gasteiger partial charge in [0.25, 0.3) is 0 Å². The van der Waals surface area contributed by atoms with Gasteiger partial charge in [-0.05, 0) is 54.6 Å². The molecule has 0 fully saturated rings. The highest BCUT2D eigenvalue weighted by atomic mass is 35.5. The molecule has 0 bridgehead atoms. The summed E-state index contributed by atoms with van der Waals surface area (Å²) in [4.78, 5) is 24.8. The van der Waals surface area contributed by atoms with Gasteiger partial charge in [-0.1, -0.05) is 29.3 Å². The summed E-state index contributed by atoms with van der Waals surface area (Å²) in [5, 5.41) is 0.655. The average molecular weight is 429 g/mol. The molecule has 144 valence electrons. The van der Waals surface area contributed by atoms with Gasteiger partial charge in [0.2, 0.25) is 5.78 Å². The van der Waals surface area contributed by atoms with Gasteiger partial charge in [-0.3, -0.25) is 4.79 Å². The van der Waals surface area contributed by atoms with E-state index < -0.39 is 17.6 Å². The Bertz CT molecular complexity index is 1150. The first kappa shape index (κ1) is 19.2. The number of halogens is 3. The smallest absolute Gasteiger partial charge is 0.343 e. The number of esters is 1. The van der Waals surface area contributed by atoms with E-state index in [1.54, 1.807) is 12.1 Å². The van der Waals surface area contributed by atoms with Gasteiger partial charge >= 0.3 is 5.97 Å². The Morgan fingerprint density at radius 1 is 1.03 bits per heavy atom. The van der Waals surface area contributed by atoms with Crippen molar-refractivity contribution in [1.29, 1.82) is 0 Å². The quantitative estimate of drug-likeness (QED) is 0.293. The first-order valence-corrected chi connectivity index (χ1v) is 9.18. The monoisotopic (exact) mass is 428 g/mol. The summed E-state index contributed by atoms with van der Waals surface area (Å²) in [6, 6.07) is 14.8. The number of ketones is 1. The minimum atomic E-state index is -0.583. The lowest BCUT2D eigenvalue weighted by atomic mass is 10.1. The number of ether oxygens (including phenoxy) is 2. The fourth-order valence-corrected chi connectivity index (χ4v) is 3.11. The lowest BCUT2D eigenvalue weighted by Gasteiger charge is -2.06. The number of benzene rings is 3. The molecule has 0 aliphatic carbocycles.